The van der Waals surface area contributed by atoms with Crippen LogP contribution >= 0.6 is 15.9 Å². The van der Waals surface area contributed by atoms with E-state index in [0.717, 1.165) is 10.2 Å². The summed E-state index contributed by atoms with van der Waals surface area (Å²) in [6.45, 7) is 6.55. The van der Waals surface area contributed by atoms with Crippen molar-refractivity contribution in [3.8, 4) is 11.9 Å². The molecule has 2 heterocycles. The Morgan fingerprint density at radius 1 is 1.40 bits per heavy atom. The molecule has 0 atom stereocenters. The number of ether oxygens (including phenoxy) is 2. The third-order valence-corrected chi connectivity index (χ3v) is 4.94. The largest absolute Gasteiger partial charge is 0.481 e. The van der Waals surface area contributed by atoms with Crippen LogP contribution in [0.5, 0.6) is 5.88 Å². The van der Waals surface area contributed by atoms with Gasteiger partial charge in [-0.3, -0.25) is 0 Å². The summed E-state index contributed by atoms with van der Waals surface area (Å²) in [6, 6.07) is 6.11. The first kappa shape index (κ1) is 19.5. The average Bonchev–Trinajstić information content (AvgIpc) is 2.56. The number of rotatable bonds is 3. The molecule has 0 radical (unpaired) electrons. The Labute approximate surface area is 157 Å². The van der Waals surface area contributed by atoms with Gasteiger partial charge >= 0.3 is 6.09 Å². The van der Waals surface area contributed by atoms with E-state index in [-0.39, 0.29) is 6.09 Å². The fourth-order valence-corrected chi connectivity index (χ4v) is 3.16. The van der Waals surface area contributed by atoms with E-state index in [1.165, 1.54) is 0 Å². The zero-order chi connectivity index (χ0) is 18.7. The highest BCUT2D eigenvalue weighted by atomic mass is 79.9. The van der Waals surface area contributed by atoms with Crippen molar-refractivity contribution in [1.82, 2.24) is 9.88 Å². The molecule has 25 heavy (non-hydrogen) atoms. The van der Waals surface area contributed by atoms with E-state index >= 15 is 0 Å². The Hall–Kier alpha value is -1.81. The number of hydrogen-bond acceptors (Lipinski definition) is 5. The van der Waals surface area contributed by atoms with Crippen molar-refractivity contribution in [1.29, 1.82) is 5.26 Å². The van der Waals surface area contributed by atoms with Gasteiger partial charge in [0.2, 0.25) is 5.88 Å². The number of aromatic nitrogens is 1. The van der Waals surface area contributed by atoms with E-state index in [4.69, 9.17) is 9.47 Å². The average molecular weight is 410 g/mol. The molecule has 0 N–H and O–H groups in total. The van der Waals surface area contributed by atoms with Crippen molar-refractivity contribution in [2.75, 3.05) is 20.2 Å². The molecule has 0 aromatic carbocycles. The minimum absolute atomic E-state index is 0.320. The summed E-state index contributed by atoms with van der Waals surface area (Å²) in [5.74, 6) is 0.525. The first-order chi connectivity index (χ1) is 11.7. The standard InChI is InChI=1S/C18H24BrN3O3/c1-17(2,3)25-16(23)22-9-7-18(12-20,8-10-22)11-14-13(19)5-6-15(21-14)24-4/h5-6H,7-11H2,1-4H3. The lowest BCUT2D eigenvalue weighted by Crippen LogP contribution is -2.45. The van der Waals surface area contributed by atoms with Crippen LogP contribution in [0.3, 0.4) is 0 Å². The number of carbonyl (C=O) groups is 1. The smallest absolute Gasteiger partial charge is 0.410 e. The monoisotopic (exact) mass is 409 g/mol. The van der Waals surface area contributed by atoms with Crippen molar-refractivity contribution < 1.29 is 14.3 Å². The van der Waals surface area contributed by atoms with Gasteiger partial charge in [0.15, 0.2) is 0 Å². The van der Waals surface area contributed by atoms with Crippen molar-refractivity contribution in [3.63, 3.8) is 0 Å². The fourth-order valence-electron chi connectivity index (χ4n) is 2.79. The summed E-state index contributed by atoms with van der Waals surface area (Å²) in [6.07, 6.45) is 1.38. The van der Waals surface area contributed by atoms with E-state index in [2.05, 4.69) is 27.0 Å². The maximum atomic E-state index is 12.2. The number of piperidine rings is 1. The van der Waals surface area contributed by atoms with Gasteiger partial charge in [-0.05, 0) is 55.6 Å². The highest BCUT2D eigenvalue weighted by Gasteiger charge is 2.38. The van der Waals surface area contributed by atoms with Crippen molar-refractivity contribution in [2.45, 2.75) is 45.6 Å². The van der Waals surface area contributed by atoms with Crippen LogP contribution in [0.4, 0.5) is 4.79 Å². The van der Waals surface area contributed by atoms with E-state index in [1.54, 1.807) is 18.1 Å². The van der Waals surface area contributed by atoms with Crippen LogP contribution in [0.1, 0.15) is 39.3 Å². The number of amides is 1. The number of likely N-dealkylation sites (tertiary alicyclic amines) is 1. The highest BCUT2D eigenvalue weighted by molar-refractivity contribution is 9.10. The summed E-state index contributed by atoms with van der Waals surface area (Å²) in [5.41, 5.74) is -0.261. The summed E-state index contributed by atoms with van der Waals surface area (Å²) in [4.78, 5) is 18.3. The molecule has 2 rings (SSSR count). The lowest BCUT2D eigenvalue weighted by molar-refractivity contribution is 0.0148. The van der Waals surface area contributed by atoms with Crippen molar-refractivity contribution in [2.24, 2.45) is 5.41 Å². The number of nitrogens with zero attached hydrogens (tertiary/aromatic N) is 3. The van der Waals surface area contributed by atoms with Gasteiger partial charge in [-0.2, -0.15) is 5.26 Å². The lowest BCUT2D eigenvalue weighted by Gasteiger charge is -2.37. The van der Waals surface area contributed by atoms with Crippen LogP contribution in [-0.2, 0) is 11.2 Å². The van der Waals surface area contributed by atoms with Crippen LogP contribution in [-0.4, -0.2) is 41.8 Å². The second-order valence-electron chi connectivity index (χ2n) is 7.32. The number of carbonyl (C=O) groups excluding carboxylic acids is 1. The molecule has 1 fully saturated rings. The second kappa shape index (κ2) is 7.61. The van der Waals surface area contributed by atoms with Gasteiger partial charge in [0.25, 0.3) is 0 Å². The molecule has 0 saturated carbocycles. The van der Waals surface area contributed by atoms with Crippen LogP contribution in [0.25, 0.3) is 0 Å². The predicted octanol–water partition coefficient (Wildman–Crippen LogP) is 3.94. The third-order valence-electron chi connectivity index (χ3n) is 4.22. The lowest BCUT2D eigenvalue weighted by atomic mass is 9.76. The van der Waals surface area contributed by atoms with E-state index in [0.29, 0.717) is 38.2 Å². The molecule has 1 aromatic rings. The molecule has 0 unspecified atom stereocenters. The quantitative estimate of drug-likeness (QED) is 0.755. The molecule has 1 aliphatic rings. The minimum Gasteiger partial charge on any atom is -0.481 e. The number of halogens is 1. The van der Waals surface area contributed by atoms with Crippen LogP contribution < -0.4 is 4.74 Å². The maximum absolute atomic E-state index is 12.2. The second-order valence-corrected chi connectivity index (χ2v) is 8.17. The molecular weight excluding hydrogens is 386 g/mol. The first-order valence-electron chi connectivity index (χ1n) is 8.27. The molecule has 1 aliphatic heterocycles. The summed E-state index contributed by atoms with van der Waals surface area (Å²) < 4.78 is 11.4. The molecule has 1 amide bonds. The van der Waals surface area contributed by atoms with Gasteiger partial charge in [-0.15, -0.1) is 0 Å². The zero-order valence-electron chi connectivity index (χ0n) is 15.1. The Morgan fingerprint density at radius 3 is 2.56 bits per heavy atom. The molecule has 6 nitrogen and oxygen atoms in total. The van der Waals surface area contributed by atoms with E-state index < -0.39 is 11.0 Å². The number of nitriles is 1. The molecular formula is C18H24BrN3O3. The topological polar surface area (TPSA) is 75.5 Å². The fraction of sp³-hybridized carbons (Fsp3) is 0.611. The van der Waals surface area contributed by atoms with Gasteiger partial charge in [-0.1, -0.05) is 0 Å². The molecule has 7 heteroatoms. The molecule has 1 aromatic heterocycles. The van der Waals surface area contributed by atoms with Crippen LogP contribution in [0.2, 0.25) is 0 Å². The Balaban J connectivity index is 2.07. The molecule has 0 spiro atoms. The van der Waals surface area contributed by atoms with E-state index in [9.17, 15) is 10.1 Å². The third kappa shape index (κ3) is 5.08. The van der Waals surface area contributed by atoms with Gasteiger partial charge in [0.1, 0.15) is 5.60 Å². The van der Waals surface area contributed by atoms with Crippen LogP contribution in [0, 0.1) is 16.7 Å². The Kier molecular flexibility index (Phi) is 5.94. The molecule has 0 bridgehead atoms. The van der Waals surface area contributed by atoms with Gasteiger partial charge in [0, 0.05) is 30.0 Å². The van der Waals surface area contributed by atoms with Gasteiger partial charge in [0.05, 0.1) is 24.3 Å². The number of methoxy groups -OCH3 is 1. The number of pyridine rings is 1. The normalized spacial score (nSPS) is 16.9. The van der Waals surface area contributed by atoms with E-state index in [1.807, 2.05) is 26.8 Å². The Morgan fingerprint density at radius 2 is 2.04 bits per heavy atom. The number of hydrogen-bond donors (Lipinski definition) is 0. The summed E-state index contributed by atoms with van der Waals surface area (Å²) in [7, 11) is 1.57. The van der Waals surface area contributed by atoms with Crippen molar-refractivity contribution in [3.05, 3.63) is 22.3 Å². The molecule has 0 aliphatic carbocycles. The maximum Gasteiger partial charge on any atom is 0.410 e. The first-order valence-corrected chi connectivity index (χ1v) is 9.06. The predicted molar refractivity (Wildman–Crippen MR) is 97.3 cm³/mol. The Bertz CT molecular complexity index is 671. The van der Waals surface area contributed by atoms with Crippen molar-refractivity contribution >= 4 is 22.0 Å². The summed E-state index contributed by atoms with van der Waals surface area (Å²) >= 11 is 3.50. The zero-order valence-corrected chi connectivity index (χ0v) is 16.7. The SMILES string of the molecule is COc1ccc(Br)c(CC2(C#N)CCN(C(=O)OC(C)(C)C)CC2)n1. The minimum atomic E-state index is -0.541. The highest BCUT2D eigenvalue weighted by Crippen LogP contribution is 2.36. The summed E-state index contributed by atoms with van der Waals surface area (Å²) in [5, 5.41) is 9.77. The van der Waals surface area contributed by atoms with Crippen LogP contribution in [0.15, 0.2) is 16.6 Å². The van der Waals surface area contributed by atoms with Gasteiger partial charge in [-0.25, -0.2) is 9.78 Å². The molecule has 136 valence electrons. The van der Waals surface area contributed by atoms with Gasteiger partial charge < -0.3 is 14.4 Å². The molecule has 1 saturated heterocycles.